The summed E-state index contributed by atoms with van der Waals surface area (Å²) in [6, 6.07) is 6.09. The number of nitrogens with two attached hydrogens (primary N) is 1. The van der Waals surface area contributed by atoms with Crippen molar-refractivity contribution in [3.63, 3.8) is 0 Å². The van der Waals surface area contributed by atoms with Crippen LogP contribution >= 0.6 is 0 Å². The minimum atomic E-state index is -0.363. The maximum absolute atomic E-state index is 12.1. The van der Waals surface area contributed by atoms with Crippen LogP contribution in [0.1, 0.15) is 25.0 Å². The van der Waals surface area contributed by atoms with Crippen LogP contribution in [0.5, 0.6) is 0 Å². The van der Waals surface area contributed by atoms with Gasteiger partial charge in [0.2, 0.25) is 5.91 Å². The average molecular weight is 259 g/mol. The van der Waals surface area contributed by atoms with Crippen LogP contribution < -0.4 is 11.1 Å². The monoisotopic (exact) mass is 259 g/mol. The van der Waals surface area contributed by atoms with Gasteiger partial charge in [0.1, 0.15) is 0 Å². The van der Waals surface area contributed by atoms with Gasteiger partial charge in [0.05, 0.1) is 6.42 Å². The molecule has 1 amide bonds. The SMILES string of the molecule is Cc1cccc2[nH]cc(CC(=O)NC(C)(C)CN)c12. The lowest BCUT2D eigenvalue weighted by molar-refractivity contribution is -0.121. The summed E-state index contributed by atoms with van der Waals surface area (Å²) in [7, 11) is 0. The number of H-pyrrole nitrogens is 1. The third-order valence-corrected chi connectivity index (χ3v) is 3.33. The van der Waals surface area contributed by atoms with Crippen LogP contribution in [0, 0.1) is 6.92 Å². The van der Waals surface area contributed by atoms with E-state index in [1.807, 2.05) is 32.2 Å². The third kappa shape index (κ3) is 2.96. The fraction of sp³-hybridized carbons (Fsp3) is 0.400. The first kappa shape index (κ1) is 13.6. The molecule has 2 aromatic rings. The quantitative estimate of drug-likeness (QED) is 0.784. The summed E-state index contributed by atoms with van der Waals surface area (Å²) in [5.74, 6) is -0.000368. The molecule has 4 nitrogen and oxygen atoms in total. The molecule has 4 heteroatoms. The summed E-state index contributed by atoms with van der Waals surface area (Å²) in [5.41, 5.74) is 8.54. The highest BCUT2D eigenvalue weighted by atomic mass is 16.1. The number of amides is 1. The second-order valence-corrected chi connectivity index (χ2v) is 5.62. The number of aryl methyl sites for hydroxylation is 1. The Labute approximate surface area is 113 Å². The molecule has 0 saturated carbocycles. The van der Waals surface area contributed by atoms with Crippen LogP contribution in [0.4, 0.5) is 0 Å². The Morgan fingerprint density at radius 2 is 2.16 bits per heavy atom. The van der Waals surface area contributed by atoms with E-state index in [1.54, 1.807) is 0 Å². The van der Waals surface area contributed by atoms with Crippen molar-refractivity contribution in [3.8, 4) is 0 Å². The van der Waals surface area contributed by atoms with Crippen LogP contribution in [-0.2, 0) is 11.2 Å². The number of rotatable bonds is 4. The molecule has 1 aromatic carbocycles. The van der Waals surface area contributed by atoms with Gasteiger partial charge in [-0.05, 0) is 38.0 Å². The number of carbonyl (C=O) groups is 1. The lowest BCUT2D eigenvalue weighted by atomic mass is 10.0. The predicted molar refractivity (Wildman–Crippen MR) is 78.0 cm³/mol. The van der Waals surface area contributed by atoms with Gasteiger partial charge in [-0.1, -0.05) is 12.1 Å². The van der Waals surface area contributed by atoms with Gasteiger partial charge in [0, 0.05) is 29.2 Å². The minimum Gasteiger partial charge on any atom is -0.361 e. The van der Waals surface area contributed by atoms with Crippen LogP contribution in [0.2, 0.25) is 0 Å². The van der Waals surface area contributed by atoms with Gasteiger partial charge in [-0.25, -0.2) is 0 Å². The molecule has 0 spiro atoms. The Hall–Kier alpha value is -1.81. The first-order chi connectivity index (χ1) is 8.93. The van der Waals surface area contributed by atoms with Crippen LogP contribution in [0.25, 0.3) is 10.9 Å². The first-order valence-electron chi connectivity index (χ1n) is 6.49. The Balaban J connectivity index is 2.20. The van der Waals surface area contributed by atoms with Crippen LogP contribution in [0.15, 0.2) is 24.4 Å². The lowest BCUT2D eigenvalue weighted by Gasteiger charge is -2.24. The summed E-state index contributed by atoms with van der Waals surface area (Å²) in [5, 5.41) is 4.09. The Bertz CT molecular complexity index is 598. The van der Waals surface area contributed by atoms with Crippen molar-refractivity contribution in [2.24, 2.45) is 5.73 Å². The molecule has 0 atom stereocenters. The van der Waals surface area contributed by atoms with Crippen molar-refractivity contribution in [2.75, 3.05) is 6.54 Å². The van der Waals surface area contributed by atoms with Gasteiger partial charge >= 0.3 is 0 Å². The van der Waals surface area contributed by atoms with Crippen molar-refractivity contribution in [2.45, 2.75) is 32.7 Å². The molecular weight excluding hydrogens is 238 g/mol. The summed E-state index contributed by atoms with van der Waals surface area (Å²) in [6.07, 6.45) is 2.28. The lowest BCUT2D eigenvalue weighted by Crippen LogP contribution is -2.49. The number of benzene rings is 1. The molecule has 0 aliphatic rings. The largest absolute Gasteiger partial charge is 0.361 e. The molecule has 0 aliphatic carbocycles. The molecule has 2 rings (SSSR count). The van der Waals surface area contributed by atoms with Gasteiger partial charge in [0.25, 0.3) is 0 Å². The standard InChI is InChI=1S/C15H21N3O/c1-10-5-4-6-12-14(10)11(8-17-12)7-13(19)18-15(2,3)9-16/h4-6,8,17H,7,9,16H2,1-3H3,(H,18,19). The highest BCUT2D eigenvalue weighted by Crippen LogP contribution is 2.22. The van der Waals surface area contributed by atoms with Gasteiger partial charge in [-0.3, -0.25) is 4.79 Å². The normalized spacial score (nSPS) is 11.8. The van der Waals surface area contributed by atoms with Crippen LogP contribution in [0.3, 0.4) is 0 Å². The number of aromatic amines is 1. The molecule has 0 unspecified atom stereocenters. The van der Waals surface area contributed by atoms with E-state index >= 15 is 0 Å². The van der Waals surface area contributed by atoms with E-state index < -0.39 is 0 Å². The van der Waals surface area contributed by atoms with E-state index in [4.69, 9.17) is 5.73 Å². The zero-order chi connectivity index (χ0) is 14.0. The second kappa shape index (κ2) is 5.05. The minimum absolute atomic E-state index is 0.000368. The molecule has 1 aromatic heterocycles. The van der Waals surface area contributed by atoms with Crippen LogP contribution in [-0.4, -0.2) is 23.0 Å². The van der Waals surface area contributed by atoms with E-state index in [2.05, 4.69) is 23.3 Å². The van der Waals surface area contributed by atoms with Crippen molar-refractivity contribution in [1.29, 1.82) is 0 Å². The smallest absolute Gasteiger partial charge is 0.224 e. The molecule has 19 heavy (non-hydrogen) atoms. The van der Waals surface area contributed by atoms with Crippen molar-refractivity contribution in [1.82, 2.24) is 10.3 Å². The molecule has 102 valence electrons. The molecule has 1 heterocycles. The van der Waals surface area contributed by atoms with Crippen molar-refractivity contribution >= 4 is 16.8 Å². The fourth-order valence-corrected chi connectivity index (χ4v) is 2.24. The van der Waals surface area contributed by atoms with Gasteiger partial charge in [-0.2, -0.15) is 0 Å². The topological polar surface area (TPSA) is 70.9 Å². The van der Waals surface area contributed by atoms with E-state index in [1.165, 1.54) is 5.56 Å². The zero-order valence-corrected chi connectivity index (χ0v) is 11.7. The Kier molecular flexibility index (Phi) is 3.62. The Morgan fingerprint density at radius 3 is 2.84 bits per heavy atom. The fourth-order valence-electron chi connectivity index (χ4n) is 2.24. The molecule has 0 aliphatic heterocycles. The number of hydrogen-bond donors (Lipinski definition) is 3. The first-order valence-corrected chi connectivity index (χ1v) is 6.49. The highest BCUT2D eigenvalue weighted by molar-refractivity contribution is 5.91. The molecule has 4 N–H and O–H groups in total. The van der Waals surface area contributed by atoms with E-state index in [9.17, 15) is 4.79 Å². The van der Waals surface area contributed by atoms with E-state index in [0.29, 0.717) is 13.0 Å². The van der Waals surface area contributed by atoms with Gasteiger partial charge < -0.3 is 16.0 Å². The van der Waals surface area contributed by atoms with Crippen molar-refractivity contribution < 1.29 is 4.79 Å². The summed E-state index contributed by atoms with van der Waals surface area (Å²) in [6.45, 7) is 6.32. The maximum Gasteiger partial charge on any atom is 0.224 e. The van der Waals surface area contributed by atoms with E-state index in [-0.39, 0.29) is 11.4 Å². The number of hydrogen-bond acceptors (Lipinski definition) is 2. The molecule has 0 bridgehead atoms. The van der Waals surface area contributed by atoms with Crippen molar-refractivity contribution in [3.05, 3.63) is 35.5 Å². The summed E-state index contributed by atoms with van der Waals surface area (Å²) in [4.78, 5) is 15.3. The molecule has 0 saturated heterocycles. The second-order valence-electron chi connectivity index (χ2n) is 5.62. The summed E-state index contributed by atoms with van der Waals surface area (Å²) >= 11 is 0. The molecular formula is C15H21N3O. The van der Waals surface area contributed by atoms with Gasteiger partial charge in [0.15, 0.2) is 0 Å². The number of aromatic nitrogens is 1. The molecule has 0 radical (unpaired) electrons. The van der Waals surface area contributed by atoms with E-state index in [0.717, 1.165) is 16.5 Å². The Morgan fingerprint density at radius 1 is 1.42 bits per heavy atom. The number of fused-ring (bicyclic) bond motifs is 1. The average Bonchev–Trinajstić information content (AvgIpc) is 2.73. The third-order valence-electron chi connectivity index (χ3n) is 3.33. The zero-order valence-electron chi connectivity index (χ0n) is 11.7. The number of nitrogens with one attached hydrogen (secondary N) is 2. The predicted octanol–water partition coefficient (Wildman–Crippen LogP) is 1.87. The van der Waals surface area contributed by atoms with Gasteiger partial charge in [-0.15, -0.1) is 0 Å². The molecule has 0 fully saturated rings. The highest BCUT2D eigenvalue weighted by Gasteiger charge is 2.19. The number of carbonyl (C=O) groups excluding carboxylic acids is 1. The maximum atomic E-state index is 12.1. The summed E-state index contributed by atoms with van der Waals surface area (Å²) < 4.78 is 0.